The number of nitrogens with zero attached hydrogens (tertiary/aromatic N) is 2. The Kier molecular flexibility index (Phi) is 9.16. The molecule has 2 aromatic carbocycles. The maximum atomic E-state index is 13.0. The number of aryl methyl sites for hydroxylation is 2. The zero-order chi connectivity index (χ0) is 28.9. The molecule has 0 saturated heterocycles. The van der Waals surface area contributed by atoms with E-state index in [1.54, 1.807) is 51.1 Å². The summed E-state index contributed by atoms with van der Waals surface area (Å²) in [6.45, 7) is 14.1. The molecule has 9 heteroatoms. The highest BCUT2D eigenvalue weighted by Gasteiger charge is 2.21. The van der Waals surface area contributed by atoms with Crippen LogP contribution in [0.3, 0.4) is 0 Å². The van der Waals surface area contributed by atoms with Gasteiger partial charge in [-0.1, -0.05) is 37.2 Å². The number of rotatable bonds is 9. The van der Waals surface area contributed by atoms with Crippen LogP contribution in [0.2, 0.25) is 0 Å². The Bertz CT molecular complexity index is 1350. The molecule has 39 heavy (non-hydrogen) atoms. The number of aromatic nitrogens is 1. The van der Waals surface area contributed by atoms with Gasteiger partial charge in [-0.25, -0.2) is 4.79 Å². The van der Waals surface area contributed by atoms with Gasteiger partial charge in [-0.05, 0) is 64.3 Å². The van der Waals surface area contributed by atoms with Gasteiger partial charge in [-0.2, -0.15) is 0 Å². The first-order chi connectivity index (χ1) is 18.2. The Hall–Kier alpha value is -4.14. The fourth-order valence-electron chi connectivity index (χ4n) is 4.16. The highest BCUT2D eigenvalue weighted by molar-refractivity contribution is 6.12. The molecule has 0 unspecified atom stereocenters. The lowest BCUT2D eigenvalue weighted by Gasteiger charge is -2.26. The third-order valence-electron chi connectivity index (χ3n) is 5.71. The maximum Gasteiger partial charge on any atom is 0.412 e. The highest BCUT2D eigenvalue weighted by atomic mass is 16.6. The second kappa shape index (κ2) is 12.1. The van der Waals surface area contributed by atoms with Crippen LogP contribution >= 0.6 is 0 Å². The molecule has 2 N–H and O–H groups in total. The van der Waals surface area contributed by atoms with E-state index in [2.05, 4.69) is 34.5 Å². The van der Waals surface area contributed by atoms with Gasteiger partial charge in [0.25, 0.3) is 0 Å². The molecule has 0 bridgehead atoms. The number of ketones is 1. The van der Waals surface area contributed by atoms with Crippen molar-refractivity contribution in [1.82, 2.24) is 5.16 Å². The number of Topliss-reactive ketones (excluding diaryl/α,β-unsaturated/α-hetero) is 1. The molecule has 0 saturated carbocycles. The standard InChI is InChI=1S/C30H38N4O5/c1-18(2)17-34(8)25-15-24(32-29(37)38-30(5,6)7)23(12-19(25)3)31-28(36)16-26(35)21-10-9-11-22(14-21)27-13-20(4)33-39-27/h9-15,18H,16-17H2,1-8H3,(H,31,36)(H,32,37). The maximum absolute atomic E-state index is 13.0. The minimum absolute atomic E-state index is 0.350. The number of hydrogen-bond donors (Lipinski definition) is 2. The third kappa shape index (κ3) is 8.43. The summed E-state index contributed by atoms with van der Waals surface area (Å²) in [6, 6.07) is 12.2. The van der Waals surface area contributed by atoms with Crippen LogP contribution in [0.1, 0.15) is 62.7 Å². The molecule has 1 heterocycles. The predicted octanol–water partition coefficient (Wildman–Crippen LogP) is 6.61. The van der Waals surface area contributed by atoms with Crippen molar-refractivity contribution in [1.29, 1.82) is 0 Å². The van der Waals surface area contributed by atoms with Crippen molar-refractivity contribution < 1.29 is 23.6 Å². The summed E-state index contributed by atoms with van der Waals surface area (Å²) < 4.78 is 10.7. The van der Waals surface area contributed by atoms with Gasteiger partial charge in [-0.3, -0.25) is 14.9 Å². The van der Waals surface area contributed by atoms with Crippen molar-refractivity contribution in [3.8, 4) is 11.3 Å². The molecule has 3 rings (SSSR count). The van der Waals surface area contributed by atoms with Gasteiger partial charge in [0.2, 0.25) is 5.91 Å². The van der Waals surface area contributed by atoms with Gasteiger partial charge in [0.1, 0.15) is 5.60 Å². The Morgan fingerprint density at radius 2 is 1.72 bits per heavy atom. The SMILES string of the molecule is Cc1cc(-c2cccc(C(=O)CC(=O)Nc3cc(C)c(N(C)CC(C)C)cc3NC(=O)OC(C)(C)C)c2)on1. The number of carbonyl (C=O) groups is 3. The lowest BCUT2D eigenvalue weighted by Crippen LogP contribution is -2.28. The molecule has 0 aliphatic carbocycles. The first-order valence-electron chi connectivity index (χ1n) is 12.9. The number of carbonyl (C=O) groups excluding carboxylic acids is 3. The van der Waals surface area contributed by atoms with Crippen LogP contribution in [0, 0.1) is 19.8 Å². The van der Waals surface area contributed by atoms with Crippen molar-refractivity contribution in [2.45, 2.75) is 60.5 Å². The summed E-state index contributed by atoms with van der Waals surface area (Å²) in [5.41, 5.74) is 3.68. The molecule has 0 aliphatic heterocycles. The van der Waals surface area contributed by atoms with Crippen molar-refractivity contribution in [2.75, 3.05) is 29.1 Å². The first-order valence-corrected chi connectivity index (χ1v) is 12.9. The lowest BCUT2D eigenvalue weighted by molar-refractivity contribution is -0.115. The normalized spacial score (nSPS) is 11.3. The minimum atomic E-state index is -0.694. The van der Waals surface area contributed by atoms with E-state index in [9.17, 15) is 14.4 Å². The van der Waals surface area contributed by atoms with Crippen LogP contribution in [-0.2, 0) is 9.53 Å². The van der Waals surface area contributed by atoms with Gasteiger partial charge in [0.05, 0.1) is 23.5 Å². The lowest BCUT2D eigenvalue weighted by atomic mass is 10.0. The third-order valence-corrected chi connectivity index (χ3v) is 5.71. The smallest absolute Gasteiger partial charge is 0.412 e. The molecule has 208 valence electrons. The Morgan fingerprint density at radius 1 is 1.03 bits per heavy atom. The van der Waals surface area contributed by atoms with Crippen LogP contribution in [0.25, 0.3) is 11.3 Å². The van der Waals surface area contributed by atoms with Crippen LogP contribution in [0.4, 0.5) is 21.9 Å². The second-order valence-electron chi connectivity index (χ2n) is 11.1. The molecule has 0 radical (unpaired) electrons. The summed E-state index contributed by atoms with van der Waals surface area (Å²) in [6.07, 6.45) is -1.02. The van der Waals surface area contributed by atoms with Crippen LogP contribution in [0.5, 0.6) is 0 Å². The molecule has 2 amide bonds. The predicted molar refractivity (Wildman–Crippen MR) is 153 cm³/mol. The van der Waals surface area contributed by atoms with Crippen molar-refractivity contribution in [2.24, 2.45) is 5.92 Å². The largest absolute Gasteiger partial charge is 0.444 e. The minimum Gasteiger partial charge on any atom is -0.444 e. The number of ether oxygens (including phenoxy) is 1. The van der Waals surface area contributed by atoms with E-state index in [0.29, 0.717) is 34.2 Å². The summed E-state index contributed by atoms with van der Waals surface area (Å²) in [5, 5.41) is 9.44. The average Bonchev–Trinajstić information content (AvgIpc) is 3.25. The monoisotopic (exact) mass is 534 g/mol. The van der Waals surface area contributed by atoms with Gasteiger partial charge in [-0.15, -0.1) is 0 Å². The molecule has 9 nitrogen and oxygen atoms in total. The van der Waals surface area contributed by atoms with E-state index in [-0.39, 0.29) is 12.2 Å². The quantitative estimate of drug-likeness (QED) is 0.235. The summed E-state index contributed by atoms with van der Waals surface area (Å²) in [4.78, 5) is 40.6. The highest BCUT2D eigenvalue weighted by Crippen LogP contribution is 2.32. The van der Waals surface area contributed by atoms with E-state index >= 15 is 0 Å². The van der Waals surface area contributed by atoms with E-state index in [1.165, 1.54) is 0 Å². The molecular weight excluding hydrogens is 496 g/mol. The first kappa shape index (κ1) is 29.4. The zero-order valence-electron chi connectivity index (χ0n) is 24.0. The summed E-state index contributed by atoms with van der Waals surface area (Å²) in [5.74, 6) is 0.115. The summed E-state index contributed by atoms with van der Waals surface area (Å²) in [7, 11) is 1.98. The van der Waals surface area contributed by atoms with Crippen LogP contribution in [-0.4, -0.2) is 42.1 Å². The molecule has 1 aromatic heterocycles. The van der Waals surface area contributed by atoms with Gasteiger partial charge in [0.15, 0.2) is 11.5 Å². The number of hydrogen-bond acceptors (Lipinski definition) is 7. The average molecular weight is 535 g/mol. The fraction of sp³-hybridized carbons (Fsp3) is 0.400. The van der Waals surface area contributed by atoms with Crippen molar-refractivity contribution in [3.05, 3.63) is 59.3 Å². The topological polar surface area (TPSA) is 114 Å². The van der Waals surface area contributed by atoms with Crippen LogP contribution < -0.4 is 15.5 Å². The number of benzene rings is 2. The number of amides is 2. The molecule has 0 atom stereocenters. The van der Waals surface area contributed by atoms with E-state index in [0.717, 1.165) is 23.5 Å². The Balaban J connectivity index is 1.82. The number of nitrogens with one attached hydrogen (secondary N) is 2. The van der Waals surface area contributed by atoms with Gasteiger partial charge >= 0.3 is 6.09 Å². The van der Waals surface area contributed by atoms with Gasteiger partial charge in [0, 0.05) is 36.5 Å². The number of anilines is 3. The van der Waals surface area contributed by atoms with Crippen LogP contribution in [0.15, 0.2) is 47.0 Å². The zero-order valence-corrected chi connectivity index (χ0v) is 24.0. The Labute approximate surface area is 229 Å². The van der Waals surface area contributed by atoms with E-state index in [4.69, 9.17) is 9.26 Å². The van der Waals surface area contributed by atoms with E-state index < -0.39 is 17.6 Å². The molecule has 0 fully saturated rings. The van der Waals surface area contributed by atoms with Crippen molar-refractivity contribution >= 4 is 34.8 Å². The van der Waals surface area contributed by atoms with Crippen molar-refractivity contribution in [3.63, 3.8) is 0 Å². The summed E-state index contributed by atoms with van der Waals surface area (Å²) >= 11 is 0. The Morgan fingerprint density at radius 3 is 2.33 bits per heavy atom. The second-order valence-corrected chi connectivity index (χ2v) is 11.1. The molecule has 0 spiro atoms. The fourth-order valence-corrected chi connectivity index (χ4v) is 4.16. The van der Waals surface area contributed by atoms with Gasteiger partial charge < -0.3 is 19.5 Å². The van der Waals surface area contributed by atoms with E-state index in [1.807, 2.05) is 33.0 Å². The molecule has 0 aliphatic rings. The molecule has 3 aromatic rings. The molecular formula is C30H38N4O5.